The Balaban J connectivity index is 2.19. The molecule has 0 radical (unpaired) electrons. The molecule has 108 valence electrons. The third-order valence-corrected chi connectivity index (χ3v) is 3.41. The Morgan fingerprint density at radius 2 is 1.95 bits per heavy atom. The smallest absolute Gasteiger partial charge is 0.230 e. The summed E-state index contributed by atoms with van der Waals surface area (Å²) in [6.07, 6.45) is 0.635. The first kappa shape index (κ1) is 14.5. The maximum absolute atomic E-state index is 11.7. The highest BCUT2D eigenvalue weighted by molar-refractivity contribution is 6.01. The Hall–Kier alpha value is -1.88. The lowest BCUT2D eigenvalue weighted by atomic mass is 10.1. The van der Waals surface area contributed by atoms with E-state index in [1.807, 2.05) is 25.1 Å². The van der Waals surface area contributed by atoms with Crippen LogP contribution in [0.3, 0.4) is 0 Å². The lowest BCUT2D eigenvalue weighted by Gasteiger charge is -2.17. The van der Waals surface area contributed by atoms with E-state index in [0.717, 1.165) is 24.2 Å². The average molecular weight is 276 g/mol. The highest BCUT2D eigenvalue weighted by Gasteiger charge is 2.29. The fourth-order valence-electron chi connectivity index (χ4n) is 2.30. The highest BCUT2D eigenvalue weighted by atomic mass is 16.5. The van der Waals surface area contributed by atoms with Gasteiger partial charge in [0.15, 0.2) is 0 Å². The van der Waals surface area contributed by atoms with E-state index >= 15 is 0 Å². The van der Waals surface area contributed by atoms with E-state index in [0.29, 0.717) is 25.1 Å². The van der Waals surface area contributed by atoms with Gasteiger partial charge in [-0.2, -0.15) is 0 Å². The molecule has 0 aromatic heterocycles. The van der Waals surface area contributed by atoms with Crippen molar-refractivity contribution in [3.8, 4) is 5.75 Å². The zero-order valence-corrected chi connectivity index (χ0v) is 11.9. The number of methoxy groups -OCH3 is 1. The predicted octanol–water partition coefficient (Wildman–Crippen LogP) is 1.45. The van der Waals surface area contributed by atoms with Crippen molar-refractivity contribution in [2.45, 2.75) is 32.9 Å². The predicted molar refractivity (Wildman–Crippen MR) is 75.2 cm³/mol. The summed E-state index contributed by atoms with van der Waals surface area (Å²) in [6, 6.07) is 5.85. The number of amides is 2. The Morgan fingerprint density at radius 3 is 2.55 bits per heavy atom. The molecule has 0 aliphatic carbocycles. The summed E-state index contributed by atoms with van der Waals surface area (Å²) in [5, 5.41) is 3.25. The molecule has 1 aliphatic heterocycles. The molecule has 1 aromatic rings. The quantitative estimate of drug-likeness (QED) is 0.799. The van der Waals surface area contributed by atoms with Gasteiger partial charge in [-0.05, 0) is 24.2 Å². The monoisotopic (exact) mass is 276 g/mol. The van der Waals surface area contributed by atoms with Gasteiger partial charge in [-0.1, -0.05) is 13.0 Å². The van der Waals surface area contributed by atoms with Crippen LogP contribution >= 0.6 is 0 Å². The van der Waals surface area contributed by atoms with Gasteiger partial charge < -0.3 is 10.1 Å². The Labute approximate surface area is 118 Å². The second kappa shape index (κ2) is 6.52. The number of likely N-dealkylation sites (tertiary alicyclic amines) is 1. The molecule has 1 heterocycles. The number of carbonyl (C=O) groups excluding carboxylic acids is 2. The van der Waals surface area contributed by atoms with E-state index in [-0.39, 0.29) is 11.8 Å². The van der Waals surface area contributed by atoms with E-state index in [4.69, 9.17) is 4.74 Å². The minimum Gasteiger partial charge on any atom is -0.496 e. The molecule has 2 rings (SSSR count). The van der Waals surface area contributed by atoms with Crippen molar-refractivity contribution in [3.05, 3.63) is 29.3 Å². The fraction of sp³-hybridized carbons (Fsp3) is 0.467. The van der Waals surface area contributed by atoms with Gasteiger partial charge >= 0.3 is 0 Å². The van der Waals surface area contributed by atoms with E-state index < -0.39 is 0 Å². The van der Waals surface area contributed by atoms with Crippen LogP contribution in [0.5, 0.6) is 5.75 Å². The second-order valence-corrected chi connectivity index (χ2v) is 4.80. The molecular formula is C15H20N2O3. The van der Waals surface area contributed by atoms with Crippen LogP contribution in [0.1, 0.15) is 30.9 Å². The maximum atomic E-state index is 11.7. The molecule has 0 atom stereocenters. The summed E-state index contributed by atoms with van der Waals surface area (Å²) in [4.78, 5) is 24.7. The highest BCUT2D eigenvalue weighted by Crippen LogP contribution is 2.24. The minimum atomic E-state index is -0.103. The average Bonchev–Trinajstić information content (AvgIpc) is 2.77. The van der Waals surface area contributed by atoms with Gasteiger partial charge in [0.1, 0.15) is 5.75 Å². The molecule has 1 aromatic carbocycles. The zero-order valence-electron chi connectivity index (χ0n) is 11.9. The van der Waals surface area contributed by atoms with Crippen molar-refractivity contribution >= 4 is 11.8 Å². The van der Waals surface area contributed by atoms with Gasteiger partial charge in [0.25, 0.3) is 0 Å². The van der Waals surface area contributed by atoms with Crippen LogP contribution in [-0.4, -0.2) is 30.4 Å². The molecule has 0 bridgehead atoms. The van der Waals surface area contributed by atoms with E-state index in [2.05, 4.69) is 5.32 Å². The molecule has 5 heteroatoms. The van der Waals surface area contributed by atoms with Crippen LogP contribution in [0.2, 0.25) is 0 Å². The third-order valence-electron chi connectivity index (χ3n) is 3.41. The molecule has 1 aliphatic rings. The van der Waals surface area contributed by atoms with Gasteiger partial charge in [0, 0.05) is 24.9 Å². The van der Waals surface area contributed by atoms with Crippen molar-refractivity contribution in [2.75, 3.05) is 13.7 Å². The maximum Gasteiger partial charge on any atom is 0.230 e. The number of ether oxygens (including phenoxy) is 1. The lowest BCUT2D eigenvalue weighted by Crippen LogP contribution is -2.28. The summed E-state index contributed by atoms with van der Waals surface area (Å²) in [6.45, 7) is 3.99. The second-order valence-electron chi connectivity index (χ2n) is 4.80. The number of carbonyl (C=O) groups is 2. The van der Waals surface area contributed by atoms with Crippen molar-refractivity contribution in [1.29, 1.82) is 0 Å². The topological polar surface area (TPSA) is 58.6 Å². The molecule has 1 fully saturated rings. The summed E-state index contributed by atoms with van der Waals surface area (Å²) >= 11 is 0. The number of hydrogen-bond acceptors (Lipinski definition) is 4. The number of rotatable bonds is 6. The summed E-state index contributed by atoms with van der Waals surface area (Å²) in [5.41, 5.74) is 1.98. The van der Waals surface area contributed by atoms with Crippen molar-refractivity contribution in [2.24, 2.45) is 0 Å². The number of nitrogens with zero attached hydrogens (tertiary/aromatic N) is 1. The van der Waals surface area contributed by atoms with Crippen molar-refractivity contribution < 1.29 is 14.3 Å². The van der Waals surface area contributed by atoms with Gasteiger partial charge in [-0.25, -0.2) is 0 Å². The summed E-state index contributed by atoms with van der Waals surface area (Å²) in [7, 11) is 1.59. The van der Waals surface area contributed by atoms with Gasteiger partial charge in [0.05, 0.1) is 13.7 Å². The normalized spacial score (nSPS) is 15.0. The Bertz CT molecular complexity index is 498. The standard InChI is InChI=1S/C15H20N2O3/c1-3-16-9-11-4-5-13(20-2)12(8-11)10-17-14(18)6-7-15(17)19/h4-5,8,16H,3,6-7,9-10H2,1-2H3. The Kier molecular flexibility index (Phi) is 4.74. The van der Waals surface area contributed by atoms with Crippen LogP contribution in [-0.2, 0) is 22.7 Å². The summed E-state index contributed by atoms with van der Waals surface area (Å²) in [5.74, 6) is 0.501. The van der Waals surface area contributed by atoms with Crippen LogP contribution in [0.15, 0.2) is 18.2 Å². The minimum absolute atomic E-state index is 0.103. The van der Waals surface area contributed by atoms with Crippen LogP contribution < -0.4 is 10.1 Å². The van der Waals surface area contributed by atoms with Crippen molar-refractivity contribution in [3.63, 3.8) is 0 Å². The fourth-order valence-corrected chi connectivity index (χ4v) is 2.30. The van der Waals surface area contributed by atoms with E-state index in [9.17, 15) is 9.59 Å². The molecule has 1 N–H and O–H groups in total. The van der Waals surface area contributed by atoms with Crippen molar-refractivity contribution in [1.82, 2.24) is 10.2 Å². The number of hydrogen-bond donors (Lipinski definition) is 1. The van der Waals surface area contributed by atoms with Crippen LogP contribution in [0, 0.1) is 0 Å². The number of benzene rings is 1. The number of nitrogens with one attached hydrogen (secondary N) is 1. The molecule has 5 nitrogen and oxygen atoms in total. The summed E-state index contributed by atoms with van der Waals surface area (Å²) < 4.78 is 5.32. The van der Waals surface area contributed by atoms with E-state index in [1.54, 1.807) is 7.11 Å². The first-order valence-corrected chi connectivity index (χ1v) is 6.85. The van der Waals surface area contributed by atoms with Crippen LogP contribution in [0.4, 0.5) is 0 Å². The van der Waals surface area contributed by atoms with Crippen LogP contribution in [0.25, 0.3) is 0 Å². The van der Waals surface area contributed by atoms with E-state index in [1.165, 1.54) is 4.90 Å². The van der Waals surface area contributed by atoms with Gasteiger partial charge in [-0.3, -0.25) is 14.5 Å². The third kappa shape index (κ3) is 3.17. The molecule has 0 unspecified atom stereocenters. The molecule has 20 heavy (non-hydrogen) atoms. The SMILES string of the molecule is CCNCc1ccc(OC)c(CN2C(=O)CCC2=O)c1. The molecular weight excluding hydrogens is 256 g/mol. The van der Waals surface area contributed by atoms with Gasteiger partial charge in [-0.15, -0.1) is 0 Å². The zero-order chi connectivity index (χ0) is 14.5. The molecule has 1 saturated heterocycles. The first-order valence-electron chi connectivity index (χ1n) is 6.85. The largest absolute Gasteiger partial charge is 0.496 e. The molecule has 2 amide bonds. The molecule has 0 spiro atoms. The van der Waals surface area contributed by atoms with Gasteiger partial charge in [0.2, 0.25) is 11.8 Å². The first-order chi connectivity index (χ1) is 9.65. The molecule has 0 saturated carbocycles. The lowest BCUT2D eigenvalue weighted by molar-refractivity contribution is -0.139. The number of imide groups is 1. The Morgan fingerprint density at radius 1 is 1.25 bits per heavy atom.